The molecule has 0 unspecified atom stereocenters. The van der Waals surface area contributed by atoms with Crippen molar-refractivity contribution in [2.45, 2.75) is 44.6 Å². The number of hydrogen-bond acceptors (Lipinski definition) is 2. The summed E-state index contributed by atoms with van der Waals surface area (Å²) in [5.74, 6) is -0.355. The van der Waals surface area contributed by atoms with Crippen LogP contribution < -0.4 is 10.6 Å². The second kappa shape index (κ2) is 6.92. The van der Waals surface area contributed by atoms with Gasteiger partial charge in [-0.2, -0.15) is 0 Å². The molecule has 1 aliphatic rings. The molecule has 1 aromatic rings. The van der Waals surface area contributed by atoms with E-state index in [4.69, 9.17) is 0 Å². The van der Waals surface area contributed by atoms with E-state index in [1.54, 1.807) is 24.3 Å². The fourth-order valence-electron chi connectivity index (χ4n) is 2.41. The summed E-state index contributed by atoms with van der Waals surface area (Å²) < 4.78 is 0. The fraction of sp³-hybridized carbons (Fsp3) is 0.467. The van der Waals surface area contributed by atoms with Gasteiger partial charge in [-0.15, -0.1) is 0 Å². The van der Waals surface area contributed by atoms with Gasteiger partial charge in [0.15, 0.2) is 0 Å². The SMILES string of the molecule is O=C(NC(=O)c1ccccc1)NC1CCCCCC1. The van der Waals surface area contributed by atoms with Crippen LogP contribution in [-0.2, 0) is 0 Å². The van der Waals surface area contributed by atoms with Crippen LogP contribution in [0.4, 0.5) is 4.79 Å². The molecule has 1 saturated carbocycles. The summed E-state index contributed by atoms with van der Waals surface area (Å²) in [7, 11) is 0. The monoisotopic (exact) mass is 260 g/mol. The zero-order valence-corrected chi connectivity index (χ0v) is 11.0. The lowest BCUT2D eigenvalue weighted by Gasteiger charge is -2.16. The van der Waals surface area contributed by atoms with Crippen LogP contribution in [0.2, 0.25) is 0 Å². The van der Waals surface area contributed by atoms with Gasteiger partial charge in [-0.1, -0.05) is 43.9 Å². The maximum atomic E-state index is 11.8. The molecule has 102 valence electrons. The average molecular weight is 260 g/mol. The molecule has 1 aliphatic carbocycles. The summed E-state index contributed by atoms with van der Waals surface area (Å²) in [4.78, 5) is 23.6. The van der Waals surface area contributed by atoms with E-state index in [1.807, 2.05) is 6.07 Å². The van der Waals surface area contributed by atoms with Gasteiger partial charge in [0.05, 0.1) is 0 Å². The predicted octanol–water partition coefficient (Wildman–Crippen LogP) is 2.85. The number of nitrogens with one attached hydrogen (secondary N) is 2. The summed E-state index contributed by atoms with van der Waals surface area (Å²) >= 11 is 0. The van der Waals surface area contributed by atoms with E-state index >= 15 is 0 Å². The first-order chi connectivity index (χ1) is 9.25. The van der Waals surface area contributed by atoms with Crippen molar-refractivity contribution >= 4 is 11.9 Å². The van der Waals surface area contributed by atoms with Crippen molar-refractivity contribution in [3.05, 3.63) is 35.9 Å². The van der Waals surface area contributed by atoms with E-state index in [1.165, 1.54) is 12.8 Å². The average Bonchev–Trinajstić information content (AvgIpc) is 2.68. The third kappa shape index (κ3) is 4.39. The van der Waals surface area contributed by atoms with Crippen LogP contribution in [0.1, 0.15) is 48.9 Å². The molecule has 1 aromatic carbocycles. The molecule has 0 heterocycles. The maximum Gasteiger partial charge on any atom is 0.321 e. The molecule has 2 N–H and O–H groups in total. The van der Waals surface area contributed by atoms with Crippen LogP contribution in [0.25, 0.3) is 0 Å². The zero-order valence-electron chi connectivity index (χ0n) is 11.0. The molecule has 0 saturated heterocycles. The van der Waals surface area contributed by atoms with Crippen LogP contribution in [0.3, 0.4) is 0 Å². The molecule has 3 amide bonds. The molecule has 0 atom stereocenters. The number of urea groups is 1. The predicted molar refractivity (Wildman–Crippen MR) is 73.9 cm³/mol. The van der Waals surface area contributed by atoms with Crippen molar-refractivity contribution in [1.29, 1.82) is 0 Å². The van der Waals surface area contributed by atoms with Crippen molar-refractivity contribution in [3.8, 4) is 0 Å². The Balaban J connectivity index is 1.82. The molecule has 1 fully saturated rings. The third-order valence-corrected chi connectivity index (χ3v) is 3.45. The van der Waals surface area contributed by atoms with E-state index in [9.17, 15) is 9.59 Å². The van der Waals surface area contributed by atoms with Crippen molar-refractivity contribution in [2.24, 2.45) is 0 Å². The van der Waals surface area contributed by atoms with E-state index in [0.29, 0.717) is 5.56 Å². The minimum absolute atomic E-state index is 0.200. The van der Waals surface area contributed by atoms with Crippen LogP contribution in [0.15, 0.2) is 30.3 Å². The van der Waals surface area contributed by atoms with Crippen molar-refractivity contribution < 1.29 is 9.59 Å². The van der Waals surface area contributed by atoms with Crippen molar-refractivity contribution in [2.75, 3.05) is 0 Å². The topological polar surface area (TPSA) is 58.2 Å². The molecule has 0 aromatic heterocycles. The Morgan fingerprint density at radius 3 is 2.21 bits per heavy atom. The summed E-state index contributed by atoms with van der Waals surface area (Å²) in [6, 6.07) is 8.58. The summed E-state index contributed by atoms with van der Waals surface area (Å²) in [6.45, 7) is 0. The van der Waals surface area contributed by atoms with E-state index in [-0.39, 0.29) is 18.0 Å². The molecule has 4 heteroatoms. The fourth-order valence-corrected chi connectivity index (χ4v) is 2.41. The van der Waals surface area contributed by atoms with E-state index in [0.717, 1.165) is 25.7 Å². The number of amides is 3. The minimum Gasteiger partial charge on any atom is -0.335 e. The first-order valence-electron chi connectivity index (χ1n) is 6.92. The number of hydrogen-bond donors (Lipinski definition) is 2. The lowest BCUT2D eigenvalue weighted by Crippen LogP contribution is -2.44. The number of carbonyl (C=O) groups is 2. The number of imide groups is 1. The van der Waals surface area contributed by atoms with Gasteiger partial charge in [-0.3, -0.25) is 10.1 Å². The van der Waals surface area contributed by atoms with Gasteiger partial charge < -0.3 is 5.32 Å². The van der Waals surface area contributed by atoms with Gasteiger partial charge in [0, 0.05) is 11.6 Å². The highest BCUT2D eigenvalue weighted by molar-refractivity contribution is 6.04. The van der Waals surface area contributed by atoms with Crippen LogP contribution >= 0.6 is 0 Å². The lowest BCUT2D eigenvalue weighted by molar-refractivity contribution is 0.0963. The summed E-state index contributed by atoms with van der Waals surface area (Å²) in [5, 5.41) is 5.26. The van der Waals surface area contributed by atoms with Gasteiger partial charge in [0.25, 0.3) is 5.91 Å². The number of rotatable bonds is 2. The number of benzene rings is 1. The Morgan fingerprint density at radius 2 is 1.58 bits per heavy atom. The standard InChI is InChI=1S/C15H20N2O2/c18-14(12-8-4-3-5-9-12)17-15(19)16-13-10-6-1-2-7-11-13/h3-5,8-9,13H,1-2,6-7,10-11H2,(H2,16,17,18,19). The molecule has 2 rings (SSSR count). The van der Waals surface area contributed by atoms with E-state index < -0.39 is 0 Å². The molecule has 19 heavy (non-hydrogen) atoms. The smallest absolute Gasteiger partial charge is 0.321 e. The van der Waals surface area contributed by atoms with Gasteiger partial charge in [0.2, 0.25) is 0 Å². The highest BCUT2D eigenvalue weighted by Crippen LogP contribution is 2.16. The maximum absolute atomic E-state index is 11.8. The Morgan fingerprint density at radius 1 is 0.947 bits per heavy atom. The summed E-state index contributed by atoms with van der Waals surface area (Å²) in [5.41, 5.74) is 0.499. The largest absolute Gasteiger partial charge is 0.335 e. The molecule has 0 spiro atoms. The van der Waals surface area contributed by atoms with Crippen LogP contribution in [0, 0.1) is 0 Å². The highest BCUT2D eigenvalue weighted by atomic mass is 16.2. The highest BCUT2D eigenvalue weighted by Gasteiger charge is 2.16. The molecule has 4 nitrogen and oxygen atoms in total. The van der Waals surface area contributed by atoms with Crippen LogP contribution in [-0.4, -0.2) is 18.0 Å². The molecule has 0 radical (unpaired) electrons. The molecular weight excluding hydrogens is 240 g/mol. The summed E-state index contributed by atoms with van der Waals surface area (Å²) in [6.07, 6.45) is 6.79. The van der Waals surface area contributed by atoms with Gasteiger partial charge >= 0.3 is 6.03 Å². The second-order valence-corrected chi connectivity index (χ2v) is 4.98. The van der Waals surface area contributed by atoms with Gasteiger partial charge in [-0.05, 0) is 25.0 Å². The first kappa shape index (κ1) is 13.6. The molecular formula is C15H20N2O2. The Labute approximate surface area is 113 Å². The minimum atomic E-state index is -0.388. The van der Waals surface area contributed by atoms with Crippen molar-refractivity contribution in [1.82, 2.24) is 10.6 Å². The third-order valence-electron chi connectivity index (χ3n) is 3.45. The Kier molecular flexibility index (Phi) is 4.95. The second-order valence-electron chi connectivity index (χ2n) is 4.98. The molecule has 0 bridgehead atoms. The van der Waals surface area contributed by atoms with Crippen molar-refractivity contribution in [3.63, 3.8) is 0 Å². The molecule has 0 aliphatic heterocycles. The Hall–Kier alpha value is -1.84. The first-order valence-corrected chi connectivity index (χ1v) is 6.92. The van der Waals surface area contributed by atoms with Gasteiger partial charge in [0.1, 0.15) is 0 Å². The normalized spacial score (nSPS) is 16.4. The Bertz CT molecular complexity index is 423. The van der Waals surface area contributed by atoms with Crippen LogP contribution in [0.5, 0.6) is 0 Å². The number of carbonyl (C=O) groups excluding carboxylic acids is 2. The zero-order chi connectivity index (χ0) is 13.5. The van der Waals surface area contributed by atoms with Gasteiger partial charge in [-0.25, -0.2) is 4.79 Å². The lowest BCUT2D eigenvalue weighted by atomic mass is 10.1. The quantitative estimate of drug-likeness (QED) is 0.803. The van der Waals surface area contributed by atoms with E-state index in [2.05, 4.69) is 10.6 Å².